The Kier molecular flexibility index (Phi) is 11.3. The third-order valence-corrected chi connectivity index (χ3v) is 5.45. The molecule has 11 heteroatoms. The van der Waals surface area contributed by atoms with E-state index in [2.05, 4.69) is 30.7 Å². The SMILES string of the molecule is Cc1cn(CCCCOc2cccc(C=Nc3cc(C(C)(C)C)ccc3O)c2O)c(=O)[nH]c1=O.[O]=[U]=[O]. The first-order chi connectivity index (χ1) is 17.5. The average Bonchev–Trinajstić information content (AvgIpc) is 2.83. The molecule has 0 aliphatic rings. The number of aromatic nitrogens is 2. The molecule has 196 valence electrons. The molecule has 1 aromatic heterocycles. The summed E-state index contributed by atoms with van der Waals surface area (Å²) in [6.45, 7) is 8.70. The second-order valence-corrected chi connectivity index (χ2v) is 10.0. The minimum absolute atomic E-state index is 0.0369. The quantitative estimate of drug-likeness (QED) is 0.235. The van der Waals surface area contributed by atoms with E-state index in [9.17, 15) is 19.8 Å². The number of hydrogen-bond donors (Lipinski definition) is 3. The summed E-state index contributed by atoms with van der Waals surface area (Å²) in [5.41, 5.74) is 1.52. The molecule has 0 radical (unpaired) electrons. The zero-order valence-electron chi connectivity index (χ0n) is 21.3. The molecule has 0 aliphatic carbocycles. The number of nitrogens with one attached hydrogen (secondary N) is 1. The number of rotatable bonds is 8. The summed E-state index contributed by atoms with van der Waals surface area (Å²) in [4.78, 5) is 29.9. The summed E-state index contributed by atoms with van der Waals surface area (Å²) < 4.78 is 24.4. The Hall–Kier alpha value is -3.16. The van der Waals surface area contributed by atoms with Crippen LogP contribution in [0.3, 0.4) is 0 Å². The molecule has 0 bridgehead atoms. The van der Waals surface area contributed by atoms with E-state index in [0.717, 1.165) is 5.56 Å². The number of unbranched alkanes of at least 4 members (excludes halogenated alkanes) is 1. The average molecular weight is 736 g/mol. The van der Waals surface area contributed by atoms with Crippen LogP contribution in [0.1, 0.15) is 50.3 Å². The first kappa shape index (κ1) is 30.1. The summed E-state index contributed by atoms with van der Waals surface area (Å²) in [5.74, 6) is 0.354. The van der Waals surface area contributed by atoms with Crippen LogP contribution in [-0.2, 0) is 16.4 Å². The van der Waals surface area contributed by atoms with Gasteiger partial charge in [-0.2, -0.15) is 0 Å². The number of para-hydroxylation sites is 1. The van der Waals surface area contributed by atoms with Gasteiger partial charge in [0.15, 0.2) is 11.5 Å². The number of H-pyrrole nitrogens is 1. The number of hydrogen-bond acceptors (Lipinski definition) is 8. The van der Waals surface area contributed by atoms with Gasteiger partial charge in [-0.3, -0.25) is 14.8 Å². The molecule has 0 unspecified atom stereocenters. The molecule has 0 fully saturated rings. The van der Waals surface area contributed by atoms with E-state index in [-0.39, 0.29) is 22.5 Å². The zero-order chi connectivity index (χ0) is 27.6. The monoisotopic (exact) mass is 735 g/mol. The van der Waals surface area contributed by atoms with E-state index >= 15 is 0 Å². The molecule has 2 aromatic carbocycles. The Balaban J connectivity index is 0.00000153. The van der Waals surface area contributed by atoms with Gasteiger partial charge in [-0.1, -0.05) is 32.9 Å². The topological polar surface area (TPSA) is 151 Å². The molecule has 0 saturated carbocycles. The third kappa shape index (κ3) is 9.02. The van der Waals surface area contributed by atoms with Gasteiger partial charge < -0.3 is 19.5 Å². The van der Waals surface area contributed by atoms with Crippen molar-refractivity contribution >= 4 is 11.9 Å². The molecule has 0 aliphatic heterocycles. The molecule has 3 N–H and O–H groups in total. The van der Waals surface area contributed by atoms with Crippen LogP contribution in [0.5, 0.6) is 17.2 Å². The number of aliphatic imine (C=N–C) groups is 1. The predicted molar refractivity (Wildman–Crippen MR) is 134 cm³/mol. The Morgan fingerprint density at radius 3 is 2.49 bits per heavy atom. The van der Waals surface area contributed by atoms with Crippen molar-refractivity contribution in [3.63, 3.8) is 0 Å². The van der Waals surface area contributed by atoms with Crippen molar-refractivity contribution in [2.75, 3.05) is 6.61 Å². The molecular weight excluding hydrogens is 704 g/mol. The van der Waals surface area contributed by atoms with Gasteiger partial charge in [0.25, 0.3) is 5.56 Å². The molecule has 0 amide bonds. The van der Waals surface area contributed by atoms with E-state index in [1.54, 1.807) is 37.4 Å². The van der Waals surface area contributed by atoms with Gasteiger partial charge in [0.2, 0.25) is 0 Å². The number of phenolic OH excluding ortho intramolecular Hbond substituents is 2. The zero-order valence-corrected chi connectivity index (χ0v) is 25.4. The van der Waals surface area contributed by atoms with Crippen LogP contribution in [0.2, 0.25) is 0 Å². The van der Waals surface area contributed by atoms with Crippen molar-refractivity contribution in [2.24, 2.45) is 4.99 Å². The number of nitrogens with zero attached hydrogens (tertiary/aromatic N) is 2. The van der Waals surface area contributed by atoms with Crippen LogP contribution in [-0.4, -0.2) is 32.6 Å². The van der Waals surface area contributed by atoms with E-state index in [4.69, 9.17) is 9.21 Å². The van der Waals surface area contributed by atoms with Gasteiger partial charge in [-0.05, 0) is 55.0 Å². The van der Waals surface area contributed by atoms with Crippen LogP contribution in [0, 0.1) is 34.7 Å². The van der Waals surface area contributed by atoms with Crippen molar-refractivity contribution in [3.05, 3.63) is 80.1 Å². The molecule has 3 aromatic rings. The van der Waals surface area contributed by atoms with Crippen molar-refractivity contribution in [1.29, 1.82) is 0 Å². The fraction of sp³-hybridized carbons (Fsp3) is 0.346. The fourth-order valence-corrected chi connectivity index (χ4v) is 3.34. The van der Waals surface area contributed by atoms with Crippen molar-refractivity contribution in [1.82, 2.24) is 9.55 Å². The molecule has 1 heterocycles. The fourth-order valence-electron chi connectivity index (χ4n) is 3.34. The predicted octanol–water partition coefficient (Wildman–Crippen LogP) is 3.93. The van der Waals surface area contributed by atoms with Crippen LogP contribution in [0.15, 0.2) is 57.2 Å². The normalized spacial score (nSPS) is 11.0. The summed E-state index contributed by atoms with van der Waals surface area (Å²) in [6.07, 6.45) is 4.35. The number of ether oxygens (including phenoxy) is 1. The molecule has 0 saturated heterocycles. The van der Waals surface area contributed by atoms with Gasteiger partial charge in [0.05, 0.1) is 6.61 Å². The Morgan fingerprint density at radius 2 is 1.81 bits per heavy atom. The number of aromatic amines is 1. The van der Waals surface area contributed by atoms with E-state index in [1.807, 2.05) is 12.1 Å². The van der Waals surface area contributed by atoms with Crippen molar-refractivity contribution in [2.45, 2.75) is 52.5 Å². The van der Waals surface area contributed by atoms with Gasteiger partial charge >= 0.3 is 38.0 Å². The van der Waals surface area contributed by atoms with E-state index in [1.165, 1.54) is 10.8 Å². The Bertz CT molecular complexity index is 1400. The molecule has 0 atom stereocenters. The Morgan fingerprint density at radius 1 is 1.11 bits per heavy atom. The van der Waals surface area contributed by atoms with Gasteiger partial charge in [0, 0.05) is 30.1 Å². The number of aromatic hydroxyl groups is 2. The summed E-state index contributed by atoms with van der Waals surface area (Å²) in [5, 5.41) is 20.7. The van der Waals surface area contributed by atoms with Gasteiger partial charge in [0.1, 0.15) is 11.4 Å². The molecule has 10 nitrogen and oxygen atoms in total. The second-order valence-electron chi connectivity index (χ2n) is 9.31. The molecule has 0 spiro atoms. The summed E-state index contributed by atoms with van der Waals surface area (Å²) in [7, 11) is 0. The summed E-state index contributed by atoms with van der Waals surface area (Å²) in [6, 6.07) is 10.5. The maximum atomic E-state index is 11.8. The number of benzene rings is 2. The van der Waals surface area contributed by atoms with Gasteiger partial charge in [-0.15, -0.1) is 0 Å². The standard InChI is InChI=1S/C26H31N3O5.2O.U/c1-17-16-29(25(33)28-24(17)32)12-5-6-13-34-22-9-7-8-18(23(22)31)15-27-20-14-19(26(2,3)4)10-11-21(20)30;;;/h7-11,14-16,30-31H,5-6,12-13H2,1-4H3,(H,28,32,33);;;. The Labute approximate surface area is 229 Å². The van der Waals surface area contributed by atoms with Crippen LogP contribution < -0.4 is 16.0 Å². The van der Waals surface area contributed by atoms with E-state index in [0.29, 0.717) is 48.6 Å². The number of aryl methyl sites for hydroxylation is 2. The minimum atomic E-state index is -2.51. The second kappa shape index (κ2) is 14.0. The van der Waals surface area contributed by atoms with Crippen molar-refractivity contribution < 1.29 is 47.2 Å². The maximum absolute atomic E-state index is 11.8. The molecule has 3 rings (SSSR count). The first-order valence-electron chi connectivity index (χ1n) is 11.6. The van der Waals surface area contributed by atoms with Gasteiger partial charge in [-0.25, -0.2) is 4.79 Å². The summed E-state index contributed by atoms with van der Waals surface area (Å²) >= 11 is -2.51. The van der Waals surface area contributed by atoms with Crippen LogP contribution in [0.25, 0.3) is 0 Å². The third-order valence-electron chi connectivity index (χ3n) is 5.45. The molecule has 37 heavy (non-hydrogen) atoms. The first-order valence-corrected chi connectivity index (χ1v) is 15.0. The van der Waals surface area contributed by atoms with Crippen LogP contribution in [0.4, 0.5) is 5.69 Å². The number of phenols is 2. The molecular formula is C26H31N3O7U. The van der Waals surface area contributed by atoms with E-state index < -0.39 is 33.5 Å². The van der Waals surface area contributed by atoms with Crippen molar-refractivity contribution in [3.8, 4) is 17.2 Å². The van der Waals surface area contributed by atoms with Crippen LogP contribution >= 0.6 is 0 Å².